The van der Waals surface area contributed by atoms with E-state index in [1.807, 2.05) is 41.3 Å². The molecule has 3 N–H and O–H groups in total. The summed E-state index contributed by atoms with van der Waals surface area (Å²) in [5, 5.41) is 8.27. The summed E-state index contributed by atoms with van der Waals surface area (Å²) < 4.78 is 15.4. The molecule has 0 saturated carbocycles. The van der Waals surface area contributed by atoms with Crippen LogP contribution >= 0.6 is 0 Å². The fourth-order valence-corrected chi connectivity index (χ4v) is 4.64. The van der Waals surface area contributed by atoms with Gasteiger partial charge in [-0.15, -0.1) is 0 Å². The highest BCUT2D eigenvalue weighted by Gasteiger charge is 2.24. The first-order valence-electron chi connectivity index (χ1n) is 11.9. The van der Waals surface area contributed by atoms with Gasteiger partial charge in [0.15, 0.2) is 5.65 Å². The Morgan fingerprint density at radius 3 is 2.56 bits per heavy atom. The number of piperidine rings is 1. The number of halogens is 1. The van der Waals surface area contributed by atoms with Crippen LogP contribution < -0.4 is 11.1 Å². The predicted molar refractivity (Wildman–Crippen MR) is 135 cm³/mol. The molecule has 0 aliphatic carbocycles. The standard InChI is InChI=1S/C27H27FN6O2/c28-20-8-4-5-18(13-20)16-34-26-23(15-30-34)22(14-24(32-26)19-6-2-1-3-7-19)27(36)31-21-9-11-33(12-10-21)17-25(29)35/h1-8,13-15,21H,9-12,16-17H2,(H2,29,35)(H,31,36). The normalized spacial score (nSPS) is 14.7. The molecule has 3 heterocycles. The molecule has 0 radical (unpaired) electrons. The van der Waals surface area contributed by atoms with E-state index < -0.39 is 0 Å². The minimum Gasteiger partial charge on any atom is -0.369 e. The van der Waals surface area contributed by atoms with Gasteiger partial charge in [0.25, 0.3) is 5.91 Å². The van der Waals surface area contributed by atoms with Gasteiger partial charge in [-0.05, 0) is 36.6 Å². The summed E-state index contributed by atoms with van der Waals surface area (Å²) in [5.41, 5.74) is 8.64. The monoisotopic (exact) mass is 486 g/mol. The second kappa shape index (κ2) is 10.2. The van der Waals surface area contributed by atoms with Crippen LogP contribution in [0.25, 0.3) is 22.3 Å². The third kappa shape index (κ3) is 5.26. The van der Waals surface area contributed by atoms with Gasteiger partial charge in [-0.25, -0.2) is 14.1 Å². The fraction of sp³-hybridized carbons (Fsp3) is 0.259. The molecule has 2 aromatic heterocycles. The lowest BCUT2D eigenvalue weighted by Gasteiger charge is -2.31. The first-order chi connectivity index (χ1) is 17.5. The van der Waals surface area contributed by atoms with Gasteiger partial charge in [0.1, 0.15) is 5.82 Å². The summed E-state index contributed by atoms with van der Waals surface area (Å²) in [6.45, 7) is 1.95. The van der Waals surface area contributed by atoms with E-state index in [1.165, 1.54) is 12.1 Å². The number of hydrogen-bond donors (Lipinski definition) is 2. The topological polar surface area (TPSA) is 106 Å². The molecule has 1 saturated heterocycles. The SMILES string of the molecule is NC(=O)CN1CCC(NC(=O)c2cc(-c3ccccc3)nc3c2cnn3Cc2cccc(F)c2)CC1. The summed E-state index contributed by atoms with van der Waals surface area (Å²) in [6, 6.07) is 17.8. The van der Waals surface area contributed by atoms with Crippen molar-refractivity contribution in [2.75, 3.05) is 19.6 Å². The Bertz CT molecular complexity index is 1400. The Kier molecular flexibility index (Phi) is 6.73. The van der Waals surface area contributed by atoms with E-state index in [0.29, 0.717) is 41.9 Å². The Balaban J connectivity index is 1.45. The number of nitrogens with one attached hydrogen (secondary N) is 1. The number of hydrogen-bond acceptors (Lipinski definition) is 5. The predicted octanol–water partition coefficient (Wildman–Crippen LogP) is 2.97. The van der Waals surface area contributed by atoms with E-state index in [4.69, 9.17) is 10.7 Å². The summed E-state index contributed by atoms with van der Waals surface area (Å²) in [5.74, 6) is -0.859. The minimum atomic E-state index is -0.347. The van der Waals surface area contributed by atoms with E-state index in [0.717, 1.165) is 24.0 Å². The number of nitrogens with two attached hydrogens (primary N) is 1. The van der Waals surface area contributed by atoms with E-state index in [1.54, 1.807) is 23.0 Å². The van der Waals surface area contributed by atoms with Crippen molar-refractivity contribution in [3.05, 3.63) is 83.8 Å². The van der Waals surface area contributed by atoms with Gasteiger partial charge in [0.05, 0.1) is 35.9 Å². The Hall–Kier alpha value is -4.11. The molecule has 0 unspecified atom stereocenters. The lowest BCUT2D eigenvalue weighted by atomic mass is 10.0. The fourth-order valence-electron chi connectivity index (χ4n) is 4.64. The van der Waals surface area contributed by atoms with Gasteiger partial charge in [0, 0.05) is 24.7 Å². The molecule has 2 aromatic carbocycles. The van der Waals surface area contributed by atoms with Crippen molar-refractivity contribution in [1.82, 2.24) is 25.0 Å². The van der Waals surface area contributed by atoms with E-state index in [-0.39, 0.29) is 30.2 Å². The number of rotatable bonds is 7. The molecule has 8 nitrogen and oxygen atoms in total. The maximum atomic E-state index is 13.8. The van der Waals surface area contributed by atoms with Gasteiger partial charge < -0.3 is 11.1 Å². The van der Waals surface area contributed by atoms with Crippen molar-refractivity contribution < 1.29 is 14.0 Å². The number of carbonyl (C=O) groups excluding carboxylic acids is 2. The summed E-state index contributed by atoms with van der Waals surface area (Å²) in [6.07, 6.45) is 3.11. The highest BCUT2D eigenvalue weighted by atomic mass is 19.1. The Labute approximate surface area is 207 Å². The molecule has 184 valence electrons. The second-order valence-electron chi connectivity index (χ2n) is 9.08. The molecule has 9 heteroatoms. The largest absolute Gasteiger partial charge is 0.369 e. The van der Waals surface area contributed by atoms with Crippen molar-refractivity contribution in [3.8, 4) is 11.3 Å². The van der Waals surface area contributed by atoms with Crippen molar-refractivity contribution >= 4 is 22.8 Å². The number of likely N-dealkylation sites (tertiary alicyclic amines) is 1. The minimum absolute atomic E-state index is 0.00708. The van der Waals surface area contributed by atoms with E-state index in [2.05, 4.69) is 10.4 Å². The quantitative estimate of drug-likeness (QED) is 0.418. The summed E-state index contributed by atoms with van der Waals surface area (Å²) >= 11 is 0. The first-order valence-corrected chi connectivity index (χ1v) is 11.9. The lowest BCUT2D eigenvalue weighted by Crippen LogP contribution is -2.46. The summed E-state index contributed by atoms with van der Waals surface area (Å²) in [7, 11) is 0. The van der Waals surface area contributed by atoms with Crippen LogP contribution in [-0.2, 0) is 11.3 Å². The number of fused-ring (bicyclic) bond motifs is 1. The molecule has 36 heavy (non-hydrogen) atoms. The average Bonchev–Trinajstić information content (AvgIpc) is 3.27. The summed E-state index contributed by atoms with van der Waals surface area (Å²) in [4.78, 5) is 31.5. The van der Waals surface area contributed by atoms with Crippen LogP contribution in [0.5, 0.6) is 0 Å². The Morgan fingerprint density at radius 2 is 1.83 bits per heavy atom. The molecule has 0 atom stereocenters. The number of benzene rings is 2. The van der Waals surface area contributed by atoms with Crippen molar-refractivity contribution in [1.29, 1.82) is 0 Å². The molecule has 0 bridgehead atoms. The highest BCUT2D eigenvalue weighted by molar-refractivity contribution is 6.06. The van der Waals surface area contributed by atoms with Crippen molar-refractivity contribution in [3.63, 3.8) is 0 Å². The van der Waals surface area contributed by atoms with Crippen LogP contribution in [0.15, 0.2) is 66.9 Å². The van der Waals surface area contributed by atoms with Crippen molar-refractivity contribution in [2.24, 2.45) is 5.73 Å². The zero-order valence-electron chi connectivity index (χ0n) is 19.7. The molecule has 1 fully saturated rings. The number of nitrogens with zero attached hydrogens (tertiary/aromatic N) is 4. The maximum Gasteiger partial charge on any atom is 0.252 e. The highest BCUT2D eigenvalue weighted by Crippen LogP contribution is 2.26. The Morgan fingerprint density at radius 1 is 1.06 bits per heavy atom. The van der Waals surface area contributed by atoms with Crippen LogP contribution in [0.4, 0.5) is 4.39 Å². The van der Waals surface area contributed by atoms with Crippen molar-refractivity contribution in [2.45, 2.75) is 25.4 Å². The van der Waals surface area contributed by atoms with Crippen LogP contribution in [0, 0.1) is 5.82 Å². The van der Waals surface area contributed by atoms with E-state index >= 15 is 0 Å². The molecule has 2 amide bonds. The van der Waals surface area contributed by atoms with Crippen LogP contribution in [0.3, 0.4) is 0 Å². The third-order valence-electron chi connectivity index (χ3n) is 6.45. The molecule has 1 aliphatic rings. The number of pyridine rings is 1. The first kappa shape index (κ1) is 23.6. The molecule has 5 rings (SSSR count). The number of amides is 2. The van der Waals surface area contributed by atoms with Gasteiger partial charge in [0.2, 0.25) is 5.91 Å². The maximum absolute atomic E-state index is 13.8. The number of carbonyl (C=O) groups is 2. The zero-order chi connectivity index (χ0) is 25.1. The molecular weight excluding hydrogens is 459 g/mol. The number of aromatic nitrogens is 3. The molecular formula is C27H27FN6O2. The third-order valence-corrected chi connectivity index (χ3v) is 6.45. The van der Waals surface area contributed by atoms with Crippen LogP contribution in [-0.4, -0.2) is 57.2 Å². The second-order valence-corrected chi connectivity index (χ2v) is 9.08. The molecule has 1 aliphatic heterocycles. The number of primary amides is 1. The lowest BCUT2D eigenvalue weighted by molar-refractivity contribution is -0.119. The van der Waals surface area contributed by atoms with Gasteiger partial charge in [-0.3, -0.25) is 14.5 Å². The van der Waals surface area contributed by atoms with Gasteiger partial charge >= 0.3 is 0 Å². The average molecular weight is 487 g/mol. The van der Waals surface area contributed by atoms with Crippen LogP contribution in [0.1, 0.15) is 28.8 Å². The van der Waals surface area contributed by atoms with Crippen LogP contribution in [0.2, 0.25) is 0 Å². The molecule has 0 spiro atoms. The van der Waals surface area contributed by atoms with Gasteiger partial charge in [-0.2, -0.15) is 5.10 Å². The molecule has 4 aromatic rings. The van der Waals surface area contributed by atoms with E-state index in [9.17, 15) is 14.0 Å². The van der Waals surface area contributed by atoms with Gasteiger partial charge in [-0.1, -0.05) is 42.5 Å². The zero-order valence-corrected chi connectivity index (χ0v) is 19.7. The smallest absolute Gasteiger partial charge is 0.252 e.